The second kappa shape index (κ2) is 7.60. The van der Waals surface area contributed by atoms with Crippen molar-refractivity contribution in [3.05, 3.63) is 0 Å². The molecule has 0 aromatic rings. The lowest BCUT2D eigenvalue weighted by Crippen LogP contribution is -2.60. The van der Waals surface area contributed by atoms with Crippen LogP contribution in [0, 0.1) is 5.41 Å². The molecule has 5 N–H and O–H groups in total. The second-order valence-electron chi connectivity index (χ2n) is 5.19. The molecule has 1 rings (SSSR count). The van der Waals surface area contributed by atoms with Gasteiger partial charge in [-0.1, -0.05) is 32.1 Å². The van der Waals surface area contributed by atoms with Crippen molar-refractivity contribution in [1.29, 1.82) is 5.41 Å². The average molecular weight is 320 g/mol. The second-order valence-corrected chi connectivity index (χ2v) is 6.61. The van der Waals surface area contributed by atoms with Crippen molar-refractivity contribution in [3.8, 4) is 0 Å². The van der Waals surface area contributed by atoms with E-state index in [0.29, 0.717) is 12.8 Å². The van der Waals surface area contributed by atoms with Crippen molar-refractivity contribution in [2.24, 2.45) is 5.73 Å². The summed E-state index contributed by atoms with van der Waals surface area (Å²) in [5, 5.41) is 7.76. The number of carbonyl (C=O) groups is 1. The van der Waals surface area contributed by atoms with E-state index in [1.807, 2.05) is 0 Å². The van der Waals surface area contributed by atoms with Crippen LogP contribution in [0.25, 0.3) is 0 Å². The summed E-state index contributed by atoms with van der Waals surface area (Å²) in [5.74, 6) is -0.223. The summed E-state index contributed by atoms with van der Waals surface area (Å²) >= 11 is 0. The first-order chi connectivity index (χ1) is 9.81. The van der Waals surface area contributed by atoms with Crippen LogP contribution in [0.3, 0.4) is 0 Å². The summed E-state index contributed by atoms with van der Waals surface area (Å²) < 4.78 is 32.7. The smallest absolute Gasteiger partial charge is 0.421 e. The first-order valence-electron chi connectivity index (χ1n) is 7.14. The molecule has 0 heterocycles. The molecule has 8 nitrogen and oxygen atoms in total. The van der Waals surface area contributed by atoms with Crippen molar-refractivity contribution >= 4 is 22.1 Å². The maximum absolute atomic E-state index is 12.0. The highest BCUT2D eigenvalue weighted by atomic mass is 32.2. The molecule has 21 heavy (non-hydrogen) atoms. The van der Waals surface area contributed by atoms with E-state index in [1.165, 1.54) is 0 Å². The van der Waals surface area contributed by atoms with E-state index >= 15 is 0 Å². The molecule has 0 unspecified atom stereocenters. The van der Waals surface area contributed by atoms with Crippen LogP contribution >= 0.6 is 0 Å². The normalized spacial score (nSPS) is 19.1. The van der Waals surface area contributed by atoms with E-state index in [0.717, 1.165) is 32.1 Å². The van der Waals surface area contributed by atoms with Crippen molar-refractivity contribution in [1.82, 2.24) is 9.44 Å². The Labute approximate surface area is 125 Å². The number of nitrogens with one attached hydrogen (secondary N) is 3. The van der Waals surface area contributed by atoms with Crippen LogP contribution in [0.2, 0.25) is 0 Å². The number of carbonyl (C=O) groups excluding carboxylic acids is 1. The Morgan fingerprint density at radius 3 is 2.24 bits per heavy atom. The Bertz CT molecular complexity index is 470. The number of hydrogen-bond donors (Lipinski definition) is 4. The fourth-order valence-corrected chi connectivity index (χ4v) is 3.65. The van der Waals surface area contributed by atoms with Gasteiger partial charge in [-0.2, -0.15) is 13.1 Å². The van der Waals surface area contributed by atoms with Gasteiger partial charge in [0.15, 0.2) is 0 Å². The third-order valence-corrected chi connectivity index (χ3v) is 4.64. The van der Waals surface area contributed by atoms with Gasteiger partial charge in [0.2, 0.25) is 0 Å². The first-order valence-corrected chi connectivity index (χ1v) is 8.62. The lowest BCUT2D eigenvalue weighted by atomic mass is 9.84. The summed E-state index contributed by atoms with van der Waals surface area (Å²) in [6, 6.07) is 0. The summed E-state index contributed by atoms with van der Waals surface area (Å²) in [4.78, 5) is 11.3. The Balaban J connectivity index is 2.85. The monoisotopic (exact) mass is 320 g/mol. The van der Waals surface area contributed by atoms with Gasteiger partial charge in [0.1, 0.15) is 5.84 Å². The summed E-state index contributed by atoms with van der Waals surface area (Å²) in [6.07, 6.45) is 4.46. The number of nitrogens with two attached hydrogens (primary N) is 1. The van der Waals surface area contributed by atoms with Gasteiger partial charge in [-0.3, -0.25) is 5.41 Å². The SMILES string of the molecule is CCOC(=O)NS(=O)(=O)NC1(C(=N)N)CCCCCCC1. The van der Waals surface area contributed by atoms with Crippen LogP contribution in [0.15, 0.2) is 0 Å². The van der Waals surface area contributed by atoms with Gasteiger partial charge in [-0.15, -0.1) is 0 Å². The van der Waals surface area contributed by atoms with E-state index < -0.39 is 21.8 Å². The summed E-state index contributed by atoms with van der Waals surface area (Å²) in [5.41, 5.74) is 4.51. The zero-order valence-electron chi connectivity index (χ0n) is 12.3. The van der Waals surface area contributed by atoms with E-state index in [1.54, 1.807) is 11.6 Å². The molecule has 0 saturated heterocycles. The molecule has 1 saturated carbocycles. The van der Waals surface area contributed by atoms with E-state index in [-0.39, 0.29) is 12.4 Å². The molecule has 0 atom stereocenters. The highest BCUT2D eigenvalue weighted by Gasteiger charge is 2.38. The minimum atomic E-state index is -4.13. The van der Waals surface area contributed by atoms with E-state index in [9.17, 15) is 13.2 Å². The molecule has 0 radical (unpaired) electrons. The zero-order valence-corrected chi connectivity index (χ0v) is 13.1. The van der Waals surface area contributed by atoms with E-state index in [2.05, 4.69) is 9.46 Å². The number of amidine groups is 1. The Hall–Kier alpha value is -1.35. The molecule has 1 fully saturated rings. The number of amides is 1. The summed E-state index contributed by atoms with van der Waals surface area (Å²) in [6.45, 7) is 1.64. The van der Waals surface area contributed by atoms with Gasteiger partial charge in [0.05, 0.1) is 12.1 Å². The summed E-state index contributed by atoms with van der Waals surface area (Å²) in [7, 11) is -4.13. The van der Waals surface area contributed by atoms with Crippen LogP contribution in [0.5, 0.6) is 0 Å². The largest absolute Gasteiger partial charge is 0.449 e. The van der Waals surface area contributed by atoms with Crippen molar-refractivity contribution in [3.63, 3.8) is 0 Å². The van der Waals surface area contributed by atoms with E-state index in [4.69, 9.17) is 11.1 Å². The molecule has 0 aliphatic heterocycles. The topological polar surface area (TPSA) is 134 Å². The maximum Gasteiger partial charge on any atom is 0.421 e. The van der Waals surface area contributed by atoms with Crippen LogP contribution < -0.4 is 15.2 Å². The molecule has 0 aromatic heterocycles. The molecule has 1 aliphatic carbocycles. The van der Waals surface area contributed by atoms with Gasteiger partial charge >= 0.3 is 16.3 Å². The van der Waals surface area contributed by atoms with Crippen LogP contribution in [0.1, 0.15) is 51.9 Å². The molecular formula is C12H24N4O4S. The molecule has 9 heteroatoms. The standard InChI is InChI=1S/C12H24N4O4S/c1-2-20-11(17)15-21(18,19)16-12(10(13)14)8-6-4-3-5-7-9-12/h16H,2-9H2,1H3,(H3,13,14)(H,15,17). The molecule has 122 valence electrons. The van der Waals surface area contributed by atoms with Gasteiger partial charge in [0.25, 0.3) is 0 Å². The van der Waals surface area contributed by atoms with Crippen molar-refractivity contribution < 1.29 is 17.9 Å². The predicted molar refractivity (Wildman–Crippen MR) is 79.2 cm³/mol. The maximum atomic E-state index is 12.0. The molecular weight excluding hydrogens is 296 g/mol. The lowest BCUT2D eigenvalue weighted by Gasteiger charge is -2.34. The molecule has 0 bridgehead atoms. The van der Waals surface area contributed by atoms with Gasteiger partial charge in [-0.05, 0) is 19.8 Å². The molecule has 0 aromatic carbocycles. The van der Waals surface area contributed by atoms with Gasteiger partial charge in [-0.25, -0.2) is 9.52 Å². The number of rotatable bonds is 5. The minimum Gasteiger partial charge on any atom is -0.449 e. The fraction of sp³-hybridized carbons (Fsp3) is 0.833. The quantitative estimate of drug-likeness (QED) is 0.442. The van der Waals surface area contributed by atoms with Gasteiger partial charge in [0, 0.05) is 0 Å². The third kappa shape index (κ3) is 5.50. The Morgan fingerprint density at radius 2 is 1.76 bits per heavy atom. The average Bonchev–Trinajstić information content (AvgIpc) is 2.31. The molecule has 1 aliphatic rings. The molecule has 0 spiro atoms. The Kier molecular flexibility index (Phi) is 6.41. The lowest BCUT2D eigenvalue weighted by molar-refractivity contribution is 0.158. The zero-order chi connectivity index (χ0) is 15.9. The number of ether oxygens (including phenoxy) is 1. The minimum absolute atomic E-state index is 0.0687. The Morgan fingerprint density at radius 1 is 1.24 bits per heavy atom. The van der Waals surface area contributed by atoms with Crippen molar-refractivity contribution in [2.75, 3.05) is 6.61 Å². The van der Waals surface area contributed by atoms with Crippen LogP contribution in [-0.4, -0.2) is 32.5 Å². The highest BCUT2D eigenvalue weighted by Crippen LogP contribution is 2.27. The third-order valence-electron chi connectivity index (χ3n) is 3.55. The predicted octanol–water partition coefficient (Wildman–Crippen LogP) is 0.986. The van der Waals surface area contributed by atoms with Crippen molar-refractivity contribution in [2.45, 2.75) is 57.4 Å². The highest BCUT2D eigenvalue weighted by molar-refractivity contribution is 7.88. The van der Waals surface area contributed by atoms with Gasteiger partial charge < -0.3 is 10.5 Å². The van der Waals surface area contributed by atoms with Crippen LogP contribution in [-0.2, 0) is 14.9 Å². The molecule has 1 amide bonds. The fourth-order valence-electron chi connectivity index (χ4n) is 2.49. The number of hydrogen-bond acceptors (Lipinski definition) is 5. The first kappa shape index (κ1) is 17.7. The van der Waals surface area contributed by atoms with Crippen LogP contribution in [0.4, 0.5) is 4.79 Å².